The van der Waals surface area contributed by atoms with Gasteiger partial charge in [-0.25, -0.2) is 4.98 Å². The Bertz CT molecular complexity index is 1290. The number of carbonyl (C=O) groups excluding carboxylic acids is 1. The number of amides is 1. The summed E-state index contributed by atoms with van der Waals surface area (Å²) in [5.74, 6) is -0.419. The van der Waals surface area contributed by atoms with E-state index >= 15 is 0 Å². The standard InChI is InChI=1S/C24H22N4OS/c1-14-28-13-21(30-14)15-11-19(16-6-4-10-27-20(16)12-15)24(8-9-24)18-7-3-5-17(23(25)29)22(18)26-2/h3-7,10-13,26H,8-9H2,1-2H3,(H2,25,29). The first-order valence-electron chi connectivity index (χ1n) is 9.96. The number of pyridine rings is 1. The molecule has 1 fully saturated rings. The van der Waals surface area contributed by atoms with E-state index < -0.39 is 5.91 Å². The van der Waals surface area contributed by atoms with E-state index in [4.69, 9.17) is 5.73 Å². The van der Waals surface area contributed by atoms with E-state index in [9.17, 15) is 4.79 Å². The van der Waals surface area contributed by atoms with Gasteiger partial charge in [-0.3, -0.25) is 9.78 Å². The molecule has 0 bridgehead atoms. The molecule has 0 aliphatic heterocycles. The molecule has 1 amide bonds. The number of hydrogen-bond donors (Lipinski definition) is 2. The van der Waals surface area contributed by atoms with Gasteiger partial charge in [0.15, 0.2) is 0 Å². The van der Waals surface area contributed by atoms with Crippen LogP contribution in [0.3, 0.4) is 0 Å². The first kappa shape index (κ1) is 18.8. The average molecular weight is 415 g/mol. The molecule has 1 saturated carbocycles. The zero-order valence-corrected chi connectivity index (χ0v) is 17.7. The van der Waals surface area contributed by atoms with Crippen molar-refractivity contribution in [1.82, 2.24) is 9.97 Å². The minimum Gasteiger partial charge on any atom is -0.387 e. The molecule has 5 rings (SSSR count). The molecular weight excluding hydrogens is 392 g/mol. The Labute approximate surface area is 179 Å². The quantitative estimate of drug-likeness (QED) is 0.487. The summed E-state index contributed by atoms with van der Waals surface area (Å²) in [6, 6.07) is 14.3. The minimum absolute atomic E-state index is 0.166. The number of benzene rings is 2. The zero-order chi connectivity index (χ0) is 20.9. The van der Waals surface area contributed by atoms with Crippen LogP contribution in [0.15, 0.2) is 54.9 Å². The van der Waals surface area contributed by atoms with Gasteiger partial charge in [-0.2, -0.15) is 0 Å². The summed E-state index contributed by atoms with van der Waals surface area (Å²) in [5.41, 5.74) is 11.3. The van der Waals surface area contributed by atoms with Crippen molar-refractivity contribution in [3.05, 3.63) is 76.6 Å². The van der Waals surface area contributed by atoms with Crippen molar-refractivity contribution in [3.8, 4) is 10.4 Å². The van der Waals surface area contributed by atoms with E-state index in [0.717, 1.165) is 50.4 Å². The molecule has 1 aliphatic carbocycles. The fourth-order valence-electron chi connectivity index (χ4n) is 4.45. The Morgan fingerprint density at radius 3 is 2.63 bits per heavy atom. The lowest BCUT2D eigenvalue weighted by Gasteiger charge is -2.24. The van der Waals surface area contributed by atoms with Crippen molar-refractivity contribution >= 4 is 33.8 Å². The van der Waals surface area contributed by atoms with Crippen LogP contribution in [0.1, 0.15) is 39.3 Å². The van der Waals surface area contributed by atoms with Crippen molar-refractivity contribution in [3.63, 3.8) is 0 Å². The number of anilines is 1. The minimum atomic E-state index is -0.419. The summed E-state index contributed by atoms with van der Waals surface area (Å²) in [6.07, 6.45) is 5.79. The number of aromatic nitrogens is 2. The molecule has 0 radical (unpaired) electrons. The SMILES string of the molecule is CNc1c(C(N)=O)cccc1C1(c2cc(-c3cnc(C)s3)cc3ncccc23)CC1. The molecule has 2 aromatic heterocycles. The molecule has 5 nitrogen and oxygen atoms in total. The molecule has 3 N–H and O–H groups in total. The van der Waals surface area contributed by atoms with Gasteiger partial charge in [0, 0.05) is 30.2 Å². The Balaban J connectivity index is 1.77. The van der Waals surface area contributed by atoms with Crippen LogP contribution in [0.5, 0.6) is 0 Å². The molecule has 30 heavy (non-hydrogen) atoms. The zero-order valence-electron chi connectivity index (χ0n) is 16.9. The van der Waals surface area contributed by atoms with Crippen LogP contribution >= 0.6 is 11.3 Å². The van der Waals surface area contributed by atoms with E-state index in [-0.39, 0.29) is 5.41 Å². The van der Waals surface area contributed by atoms with Crippen molar-refractivity contribution in [2.75, 3.05) is 12.4 Å². The second-order valence-corrected chi connectivity index (χ2v) is 9.00. The predicted molar refractivity (Wildman–Crippen MR) is 122 cm³/mol. The van der Waals surface area contributed by atoms with E-state index in [1.807, 2.05) is 38.5 Å². The van der Waals surface area contributed by atoms with E-state index in [2.05, 4.69) is 39.6 Å². The van der Waals surface area contributed by atoms with Gasteiger partial charge in [0.2, 0.25) is 0 Å². The maximum atomic E-state index is 12.0. The number of thiazole rings is 1. The first-order chi connectivity index (χ1) is 14.5. The highest BCUT2D eigenvalue weighted by molar-refractivity contribution is 7.15. The highest BCUT2D eigenvalue weighted by Crippen LogP contribution is 2.58. The summed E-state index contributed by atoms with van der Waals surface area (Å²) >= 11 is 1.69. The monoisotopic (exact) mass is 414 g/mol. The fourth-order valence-corrected chi connectivity index (χ4v) is 5.21. The Morgan fingerprint density at radius 2 is 1.97 bits per heavy atom. The smallest absolute Gasteiger partial charge is 0.250 e. The van der Waals surface area contributed by atoms with Gasteiger partial charge in [0.05, 0.1) is 26.7 Å². The number of nitrogens with zero attached hydrogens (tertiary/aromatic N) is 2. The molecule has 6 heteroatoms. The van der Waals surface area contributed by atoms with Crippen LogP contribution in [0.2, 0.25) is 0 Å². The van der Waals surface area contributed by atoms with Crippen LogP contribution < -0.4 is 11.1 Å². The third-order valence-electron chi connectivity index (χ3n) is 5.99. The third kappa shape index (κ3) is 2.87. The molecule has 0 unspecified atom stereocenters. The second-order valence-electron chi connectivity index (χ2n) is 7.76. The van der Waals surface area contributed by atoms with Gasteiger partial charge in [-0.05, 0) is 60.7 Å². The van der Waals surface area contributed by atoms with Gasteiger partial charge < -0.3 is 11.1 Å². The predicted octanol–water partition coefficient (Wildman–Crippen LogP) is 4.89. The van der Waals surface area contributed by atoms with Crippen molar-refractivity contribution < 1.29 is 4.79 Å². The van der Waals surface area contributed by atoms with E-state index in [0.29, 0.717) is 5.56 Å². The second kappa shape index (κ2) is 6.92. The molecular formula is C24H22N4OS. The number of hydrogen-bond acceptors (Lipinski definition) is 5. The number of carbonyl (C=O) groups is 1. The van der Waals surface area contributed by atoms with E-state index in [1.54, 1.807) is 17.4 Å². The topological polar surface area (TPSA) is 80.9 Å². The molecule has 0 atom stereocenters. The van der Waals surface area contributed by atoms with Crippen LogP contribution in [0.25, 0.3) is 21.3 Å². The maximum absolute atomic E-state index is 12.0. The van der Waals surface area contributed by atoms with Gasteiger partial charge in [-0.1, -0.05) is 18.2 Å². The Kier molecular flexibility index (Phi) is 4.33. The number of rotatable bonds is 5. The number of aryl methyl sites for hydroxylation is 1. The number of nitrogens with two attached hydrogens (primary N) is 1. The lowest BCUT2D eigenvalue weighted by Crippen LogP contribution is -2.18. The molecule has 4 aromatic rings. The summed E-state index contributed by atoms with van der Waals surface area (Å²) in [7, 11) is 1.84. The summed E-state index contributed by atoms with van der Waals surface area (Å²) in [5, 5.41) is 5.42. The molecule has 0 saturated heterocycles. The molecule has 1 aliphatic rings. The first-order valence-corrected chi connectivity index (χ1v) is 10.8. The Morgan fingerprint density at radius 1 is 1.13 bits per heavy atom. The van der Waals surface area contributed by atoms with Crippen LogP contribution in [-0.4, -0.2) is 22.9 Å². The lowest BCUT2D eigenvalue weighted by molar-refractivity contribution is 0.100. The van der Waals surface area contributed by atoms with Crippen molar-refractivity contribution in [1.29, 1.82) is 0 Å². The van der Waals surface area contributed by atoms with Gasteiger partial charge >= 0.3 is 0 Å². The van der Waals surface area contributed by atoms with Crippen LogP contribution in [-0.2, 0) is 5.41 Å². The number of fused-ring (bicyclic) bond motifs is 1. The van der Waals surface area contributed by atoms with Crippen LogP contribution in [0, 0.1) is 6.92 Å². The number of nitrogens with one attached hydrogen (secondary N) is 1. The van der Waals surface area contributed by atoms with E-state index in [1.165, 1.54) is 5.56 Å². The van der Waals surface area contributed by atoms with Crippen LogP contribution in [0.4, 0.5) is 5.69 Å². The number of para-hydroxylation sites is 1. The molecule has 0 spiro atoms. The average Bonchev–Trinajstić information content (AvgIpc) is 3.45. The van der Waals surface area contributed by atoms with Gasteiger partial charge in [-0.15, -0.1) is 11.3 Å². The molecule has 2 heterocycles. The summed E-state index contributed by atoms with van der Waals surface area (Å²) in [6.45, 7) is 2.02. The van der Waals surface area contributed by atoms with Gasteiger partial charge in [0.25, 0.3) is 5.91 Å². The Hall–Kier alpha value is -3.25. The third-order valence-corrected chi connectivity index (χ3v) is 6.95. The van der Waals surface area contributed by atoms with Gasteiger partial charge in [0.1, 0.15) is 0 Å². The largest absolute Gasteiger partial charge is 0.387 e. The number of primary amides is 1. The summed E-state index contributed by atoms with van der Waals surface area (Å²) in [4.78, 5) is 22.3. The molecule has 2 aromatic carbocycles. The normalized spacial score (nSPS) is 14.6. The highest BCUT2D eigenvalue weighted by Gasteiger charge is 2.48. The maximum Gasteiger partial charge on any atom is 0.250 e. The lowest BCUT2D eigenvalue weighted by atomic mass is 9.82. The van der Waals surface area contributed by atoms with Crippen molar-refractivity contribution in [2.45, 2.75) is 25.2 Å². The summed E-state index contributed by atoms with van der Waals surface area (Å²) < 4.78 is 0. The fraction of sp³-hybridized carbons (Fsp3) is 0.208. The molecule has 150 valence electrons. The highest BCUT2D eigenvalue weighted by atomic mass is 32.1. The van der Waals surface area contributed by atoms with Crippen molar-refractivity contribution in [2.24, 2.45) is 5.73 Å².